The van der Waals surface area contributed by atoms with Gasteiger partial charge in [-0.1, -0.05) is 0 Å². The first-order valence-electron chi connectivity index (χ1n) is 8.36. The Kier molecular flexibility index (Phi) is 4.16. The van der Waals surface area contributed by atoms with Crippen LogP contribution in [0.4, 0.5) is 5.82 Å². The Balaban J connectivity index is 1.91. The fourth-order valence-corrected chi connectivity index (χ4v) is 4.43. The number of nitrogens with one attached hydrogen (secondary N) is 1. The molecule has 0 bridgehead atoms. The van der Waals surface area contributed by atoms with Gasteiger partial charge in [-0.2, -0.15) is 0 Å². The predicted molar refractivity (Wildman–Crippen MR) is 97.5 cm³/mol. The molecule has 0 aromatic carbocycles. The molecular formula is C18H20N4OS. The van der Waals surface area contributed by atoms with Crippen LogP contribution in [0.25, 0.3) is 21.6 Å². The fourth-order valence-electron chi connectivity index (χ4n) is 3.17. The number of nitrogens with zero attached hydrogens (tertiary/aromatic N) is 3. The molecule has 4 rings (SSSR count). The number of anilines is 1. The molecular weight excluding hydrogens is 320 g/mol. The maximum Gasteiger partial charge on any atom is 0.164 e. The van der Waals surface area contributed by atoms with Gasteiger partial charge in [0.25, 0.3) is 0 Å². The zero-order chi connectivity index (χ0) is 16.5. The Morgan fingerprint density at radius 3 is 2.96 bits per heavy atom. The zero-order valence-electron chi connectivity index (χ0n) is 13.6. The molecule has 1 aliphatic carbocycles. The average Bonchev–Trinajstić information content (AvgIpc) is 3.01. The zero-order valence-corrected chi connectivity index (χ0v) is 14.4. The number of aromatic nitrogens is 3. The van der Waals surface area contributed by atoms with Gasteiger partial charge in [0.05, 0.1) is 12.0 Å². The molecule has 0 saturated carbocycles. The van der Waals surface area contributed by atoms with Gasteiger partial charge >= 0.3 is 0 Å². The van der Waals surface area contributed by atoms with Gasteiger partial charge in [0.15, 0.2) is 5.82 Å². The van der Waals surface area contributed by atoms with Gasteiger partial charge < -0.3 is 10.4 Å². The van der Waals surface area contributed by atoms with Crippen molar-refractivity contribution in [3.63, 3.8) is 0 Å². The van der Waals surface area contributed by atoms with Crippen molar-refractivity contribution < 1.29 is 5.11 Å². The minimum Gasteiger partial charge on any atom is -0.394 e. The topological polar surface area (TPSA) is 70.9 Å². The monoisotopic (exact) mass is 340 g/mol. The van der Waals surface area contributed by atoms with Gasteiger partial charge in [0.2, 0.25) is 0 Å². The van der Waals surface area contributed by atoms with Gasteiger partial charge in [-0.05, 0) is 50.3 Å². The van der Waals surface area contributed by atoms with Crippen LogP contribution in [0.1, 0.15) is 30.2 Å². The molecule has 124 valence electrons. The lowest BCUT2D eigenvalue weighted by atomic mass is 9.97. The molecule has 1 atom stereocenters. The van der Waals surface area contributed by atoms with Crippen LogP contribution in [0.2, 0.25) is 0 Å². The molecule has 0 fully saturated rings. The smallest absolute Gasteiger partial charge is 0.164 e. The summed E-state index contributed by atoms with van der Waals surface area (Å²) in [7, 11) is 0. The first-order valence-corrected chi connectivity index (χ1v) is 9.18. The maximum atomic E-state index is 9.43. The van der Waals surface area contributed by atoms with Crippen LogP contribution in [0.15, 0.2) is 24.5 Å². The van der Waals surface area contributed by atoms with Crippen LogP contribution >= 0.6 is 11.3 Å². The maximum absolute atomic E-state index is 9.43. The van der Waals surface area contributed by atoms with Crippen molar-refractivity contribution in [2.45, 2.75) is 38.6 Å². The SMILES string of the molecule is CC(CO)Nc1nc(-c2cccnc2)nc2sc3c(c12)CCCC3. The van der Waals surface area contributed by atoms with Crippen molar-refractivity contribution in [1.29, 1.82) is 0 Å². The highest BCUT2D eigenvalue weighted by Gasteiger charge is 2.22. The van der Waals surface area contributed by atoms with E-state index in [-0.39, 0.29) is 12.6 Å². The van der Waals surface area contributed by atoms with Gasteiger partial charge in [-0.3, -0.25) is 4.98 Å². The number of aryl methyl sites for hydroxylation is 2. The van der Waals surface area contributed by atoms with Crippen LogP contribution in [0, 0.1) is 0 Å². The third kappa shape index (κ3) is 2.76. The Labute approximate surface area is 144 Å². The van der Waals surface area contributed by atoms with E-state index in [2.05, 4.69) is 10.3 Å². The highest BCUT2D eigenvalue weighted by Crippen LogP contribution is 2.39. The highest BCUT2D eigenvalue weighted by molar-refractivity contribution is 7.19. The Morgan fingerprint density at radius 1 is 1.29 bits per heavy atom. The van der Waals surface area contributed by atoms with Crippen LogP contribution in [-0.4, -0.2) is 32.7 Å². The number of rotatable bonds is 4. The molecule has 0 radical (unpaired) electrons. The van der Waals surface area contributed by atoms with E-state index in [9.17, 15) is 5.11 Å². The van der Waals surface area contributed by atoms with Crippen molar-refractivity contribution in [2.24, 2.45) is 0 Å². The van der Waals surface area contributed by atoms with Crippen LogP contribution < -0.4 is 5.32 Å². The van der Waals surface area contributed by atoms with E-state index in [4.69, 9.17) is 9.97 Å². The van der Waals surface area contributed by atoms with E-state index < -0.39 is 0 Å². The van der Waals surface area contributed by atoms with Crippen LogP contribution in [0.5, 0.6) is 0 Å². The summed E-state index contributed by atoms with van der Waals surface area (Å²) in [5.74, 6) is 1.52. The number of aliphatic hydroxyl groups excluding tert-OH is 1. The van der Waals surface area contributed by atoms with E-state index in [0.717, 1.165) is 34.4 Å². The van der Waals surface area contributed by atoms with Crippen LogP contribution in [-0.2, 0) is 12.8 Å². The summed E-state index contributed by atoms with van der Waals surface area (Å²) in [5, 5.41) is 13.9. The van der Waals surface area contributed by atoms with Crippen molar-refractivity contribution >= 4 is 27.4 Å². The largest absolute Gasteiger partial charge is 0.394 e. The average molecular weight is 340 g/mol. The third-order valence-corrected chi connectivity index (χ3v) is 5.58. The van der Waals surface area contributed by atoms with E-state index >= 15 is 0 Å². The van der Waals surface area contributed by atoms with E-state index in [1.54, 1.807) is 23.7 Å². The number of hydrogen-bond acceptors (Lipinski definition) is 6. The molecule has 1 aliphatic rings. The molecule has 2 N–H and O–H groups in total. The van der Waals surface area contributed by atoms with E-state index in [1.807, 2.05) is 19.1 Å². The van der Waals surface area contributed by atoms with Crippen molar-refractivity contribution in [3.8, 4) is 11.4 Å². The third-order valence-electron chi connectivity index (χ3n) is 4.39. The summed E-state index contributed by atoms with van der Waals surface area (Å²) >= 11 is 1.78. The number of pyridine rings is 1. The van der Waals surface area contributed by atoms with Gasteiger partial charge in [0.1, 0.15) is 10.6 Å². The summed E-state index contributed by atoms with van der Waals surface area (Å²) < 4.78 is 0. The summed E-state index contributed by atoms with van der Waals surface area (Å²) in [5.41, 5.74) is 2.30. The minimum absolute atomic E-state index is 0.0519. The first kappa shape index (κ1) is 15.5. The van der Waals surface area contributed by atoms with Crippen molar-refractivity contribution in [2.75, 3.05) is 11.9 Å². The predicted octanol–water partition coefficient (Wildman–Crippen LogP) is 3.42. The minimum atomic E-state index is -0.0519. The normalized spacial score (nSPS) is 15.2. The van der Waals surface area contributed by atoms with Gasteiger partial charge in [-0.15, -0.1) is 11.3 Å². The molecule has 24 heavy (non-hydrogen) atoms. The molecule has 3 aromatic heterocycles. The molecule has 5 nitrogen and oxygen atoms in total. The Morgan fingerprint density at radius 2 is 2.17 bits per heavy atom. The molecule has 3 heterocycles. The molecule has 0 spiro atoms. The molecule has 6 heteroatoms. The summed E-state index contributed by atoms with van der Waals surface area (Å²) in [6.45, 7) is 2.02. The quantitative estimate of drug-likeness (QED) is 0.761. The second kappa shape index (κ2) is 6.45. The van der Waals surface area contributed by atoms with Crippen molar-refractivity contribution in [1.82, 2.24) is 15.0 Å². The van der Waals surface area contributed by atoms with Crippen molar-refractivity contribution in [3.05, 3.63) is 35.0 Å². The summed E-state index contributed by atoms with van der Waals surface area (Å²) in [6.07, 6.45) is 8.23. The van der Waals surface area contributed by atoms with E-state index in [0.29, 0.717) is 5.82 Å². The number of hydrogen-bond donors (Lipinski definition) is 2. The van der Waals surface area contributed by atoms with Gasteiger partial charge in [0, 0.05) is 28.9 Å². The second-order valence-electron chi connectivity index (χ2n) is 6.26. The lowest BCUT2D eigenvalue weighted by molar-refractivity contribution is 0.281. The molecule has 3 aromatic rings. The van der Waals surface area contributed by atoms with Crippen LogP contribution in [0.3, 0.4) is 0 Å². The standard InChI is InChI=1S/C18H20N4OS/c1-11(10-23)20-17-15-13-6-2-3-7-14(13)24-18(15)22-16(21-17)12-5-4-8-19-9-12/h4-5,8-9,11,23H,2-3,6-7,10H2,1H3,(H,20,21,22). The lowest BCUT2D eigenvalue weighted by Gasteiger charge is -2.16. The Bertz CT molecular complexity index is 862. The molecule has 1 unspecified atom stereocenters. The summed E-state index contributed by atoms with van der Waals surface area (Å²) in [4.78, 5) is 16.2. The van der Waals surface area contributed by atoms with Gasteiger partial charge in [-0.25, -0.2) is 9.97 Å². The first-order chi connectivity index (χ1) is 11.8. The Hall–Kier alpha value is -2.05. The van der Waals surface area contributed by atoms with E-state index in [1.165, 1.54) is 23.3 Å². The second-order valence-corrected chi connectivity index (χ2v) is 7.34. The molecule has 0 aliphatic heterocycles. The number of fused-ring (bicyclic) bond motifs is 3. The molecule has 0 saturated heterocycles. The lowest BCUT2D eigenvalue weighted by Crippen LogP contribution is -2.20. The molecule has 0 amide bonds. The number of thiophene rings is 1. The highest BCUT2D eigenvalue weighted by atomic mass is 32.1. The number of aliphatic hydroxyl groups is 1. The summed E-state index contributed by atoms with van der Waals surface area (Å²) in [6, 6.07) is 3.82. The fraction of sp³-hybridized carbons (Fsp3) is 0.389.